The van der Waals surface area contributed by atoms with Crippen molar-refractivity contribution in [3.8, 4) is 0 Å². The zero-order valence-electron chi connectivity index (χ0n) is 13.5. The molecule has 3 aromatic rings. The highest BCUT2D eigenvalue weighted by molar-refractivity contribution is 7.07. The minimum absolute atomic E-state index is 0.126. The second-order valence-corrected chi connectivity index (χ2v) is 6.41. The fourth-order valence-electron chi connectivity index (χ4n) is 2.53. The Morgan fingerprint density at radius 2 is 2.21 bits per heavy atom. The molecule has 7 heteroatoms. The van der Waals surface area contributed by atoms with Crippen molar-refractivity contribution >= 4 is 17.2 Å². The van der Waals surface area contributed by atoms with E-state index in [1.165, 1.54) is 5.56 Å². The van der Waals surface area contributed by atoms with Crippen molar-refractivity contribution in [2.75, 3.05) is 0 Å². The molecule has 0 bridgehead atoms. The lowest BCUT2D eigenvalue weighted by molar-refractivity contribution is -0.121. The average Bonchev–Trinajstić information content (AvgIpc) is 3.20. The van der Waals surface area contributed by atoms with Gasteiger partial charge in [0.2, 0.25) is 5.91 Å². The van der Waals surface area contributed by atoms with E-state index in [4.69, 9.17) is 0 Å². The van der Waals surface area contributed by atoms with Crippen molar-refractivity contribution in [2.24, 2.45) is 0 Å². The summed E-state index contributed by atoms with van der Waals surface area (Å²) in [5.41, 5.74) is 4.30. The van der Waals surface area contributed by atoms with E-state index in [-0.39, 0.29) is 18.4 Å². The van der Waals surface area contributed by atoms with E-state index < -0.39 is 0 Å². The summed E-state index contributed by atoms with van der Waals surface area (Å²) in [7, 11) is 0. The summed E-state index contributed by atoms with van der Waals surface area (Å²) in [5.74, 6) is -0.126. The molecule has 6 nitrogen and oxygen atoms in total. The van der Waals surface area contributed by atoms with Gasteiger partial charge in [0.15, 0.2) is 0 Å². The van der Waals surface area contributed by atoms with E-state index in [0.29, 0.717) is 17.8 Å². The van der Waals surface area contributed by atoms with Gasteiger partial charge in [-0.3, -0.25) is 9.78 Å². The fraction of sp³-hybridized carbons (Fsp3) is 0.294. The molecule has 0 saturated carbocycles. The van der Waals surface area contributed by atoms with Crippen LogP contribution in [0.5, 0.6) is 0 Å². The first kappa shape index (κ1) is 16.3. The van der Waals surface area contributed by atoms with Gasteiger partial charge in [-0.05, 0) is 54.3 Å². The molecule has 0 aliphatic rings. The van der Waals surface area contributed by atoms with Crippen LogP contribution in [0.1, 0.15) is 34.3 Å². The second kappa shape index (κ2) is 7.35. The molecular formula is C17H18N4O2S. The van der Waals surface area contributed by atoms with E-state index in [0.717, 1.165) is 11.3 Å². The lowest BCUT2D eigenvalue weighted by Crippen LogP contribution is -2.32. The van der Waals surface area contributed by atoms with Crippen LogP contribution in [0.3, 0.4) is 0 Å². The highest BCUT2D eigenvalue weighted by Crippen LogP contribution is 2.21. The fourth-order valence-corrected chi connectivity index (χ4v) is 3.21. The summed E-state index contributed by atoms with van der Waals surface area (Å²) < 4.78 is 4.65. The van der Waals surface area contributed by atoms with Gasteiger partial charge in [0.1, 0.15) is 11.4 Å². The van der Waals surface area contributed by atoms with Crippen LogP contribution < -0.4 is 5.32 Å². The predicted octanol–water partition coefficient (Wildman–Crippen LogP) is 2.79. The molecule has 24 heavy (non-hydrogen) atoms. The van der Waals surface area contributed by atoms with E-state index in [1.54, 1.807) is 24.5 Å². The maximum Gasteiger partial charge on any atom is 0.226 e. The van der Waals surface area contributed by atoms with Crippen LogP contribution in [0.4, 0.5) is 0 Å². The molecular weight excluding hydrogens is 324 g/mol. The van der Waals surface area contributed by atoms with Crippen LogP contribution in [-0.4, -0.2) is 21.2 Å². The topological polar surface area (TPSA) is 80.9 Å². The molecule has 0 saturated heterocycles. The molecule has 0 spiro atoms. The third-order valence-electron chi connectivity index (χ3n) is 3.81. The molecule has 0 radical (unpaired) electrons. The maximum absolute atomic E-state index is 12.4. The van der Waals surface area contributed by atoms with E-state index in [1.807, 2.05) is 24.4 Å². The molecule has 0 aliphatic heterocycles. The first-order valence-electron chi connectivity index (χ1n) is 7.63. The SMILES string of the molecule is Cc1cccnc1C(Cc1ccsc1)NC(=O)Cc1nonc1C. The molecule has 1 amide bonds. The summed E-state index contributed by atoms with van der Waals surface area (Å²) in [5, 5.41) is 14.7. The van der Waals surface area contributed by atoms with Gasteiger partial charge in [-0.15, -0.1) is 0 Å². The van der Waals surface area contributed by atoms with Gasteiger partial charge in [-0.1, -0.05) is 16.4 Å². The number of nitrogens with one attached hydrogen (secondary N) is 1. The summed E-state index contributed by atoms with van der Waals surface area (Å²) in [6, 6.07) is 5.77. The predicted molar refractivity (Wildman–Crippen MR) is 90.6 cm³/mol. The number of nitrogens with zero attached hydrogens (tertiary/aromatic N) is 3. The Labute approximate surface area is 143 Å². The standard InChI is InChI=1S/C17H18N4O2S/c1-11-4-3-6-18-17(11)15(8-13-5-7-24-10-13)19-16(22)9-14-12(2)20-23-21-14/h3-7,10,15H,8-9H2,1-2H3,(H,19,22). The normalized spacial score (nSPS) is 12.1. The maximum atomic E-state index is 12.4. The van der Waals surface area contributed by atoms with Crippen LogP contribution in [0.15, 0.2) is 39.8 Å². The third kappa shape index (κ3) is 3.86. The molecule has 3 rings (SSSR count). The zero-order chi connectivity index (χ0) is 16.9. The number of aryl methyl sites for hydroxylation is 2. The number of carbonyl (C=O) groups is 1. The number of amides is 1. The van der Waals surface area contributed by atoms with Gasteiger partial charge < -0.3 is 5.32 Å². The molecule has 3 heterocycles. The Hall–Kier alpha value is -2.54. The lowest BCUT2D eigenvalue weighted by atomic mass is 10.0. The van der Waals surface area contributed by atoms with Crippen LogP contribution in [0.2, 0.25) is 0 Å². The van der Waals surface area contributed by atoms with E-state index in [9.17, 15) is 4.79 Å². The van der Waals surface area contributed by atoms with E-state index in [2.05, 4.69) is 36.7 Å². The molecule has 1 unspecified atom stereocenters. The quantitative estimate of drug-likeness (QED) is 0.745. The van der Waals surface area contributed by atoms with Crippen molar-refractivity contribution in [1.82, 2.24) is 20.6 Å². The number of hydrogen-bond acceptors (Lipinski definition) is 6. The van der Waals surface area contributed by atoms with Crippen molar-refractivity contribution in [3.05, 3.63) is 63.4 Å². The van der Waals surface area contributed by atoms with E-state index >= 15 is 0 Å². The average molecular weight is 342 g/mol. The third-order valence-corrected chi connectivity index (χ3v) is 4.54. The Balaban J connectivity index is 1.78. The largest absolute Gasteiger partial charge is 0.347 e. The molecule has 0 aromatic carbocycles. The number of hydrogen-bond donors (Lipinski definition) is 1. The number of carbonyl (C=O) groups excluding carboxylic acids is 1. The van der Waals surface area contributed by atoms with Gasteiger partial charge >= 0.3 is 0 Å². The summed E-state index contributed by atoms with van der Waals surface area (Å²) >= 11 is 1.64. The van der Waals surface area contributed by atoms with Crippen LogP contribution in [0, 0.1) is 13.8 Å². The molecule has 1 atom stereocenters. The second-order valence-electron chi connectivity index (χ2n) is 5.63. The van der Waals surface area contributed by atoms with Gasteiger partial charge in [0, 0.05) is 6.20 Å². The lowest BCUT2D eigenvalue weighted by Gasteiger charge is -2.19. The first-order valence-corrected chi connectivity index (χ1v) is 8.57. The zero-order valence-corrected chi connectivity index (χ0v) is 14.3. The number of rotatable bonds is 6. The summed E-state index contributed by atoms with van der Waals surface area (Å²) in [6.07, 6.45) is 2.59. The summed E-state index contributed by atoms with van der Waals surface area (Å²) in [6.45, 7) is 3.77. The van der Waals surface area contributed by atoms with Crippen molar-refractivity contribution in [2.45, 2.75) is 32.7 Å². The Morgan fingerprint density at radius 3 is 2.88 bits per heavy atom. The molecule has 0 fully saturated rings. The monoisotopic (exact) mass is 342 g/mol. The minimum Gasteiger partial charge on any atom is -0.347 e. The molecule has 0 aliphatic carbocycles. The van der Waals surface area contributed by atoms with Gasteiger partial charge in [-0.2, -0.15) is 11.3 Å². The Morgan fingerprint density at radius 1 is 1.33 bits per heavy atom. The van der Waals surface area contributed by atoms with Crippen LogP contribution >= 0.6 is 11.3 Å². The van der Waals surface area contributed by atoms with Crippen molar-refractivity contribution < 1.29 is 9.42 Å². The van der Waals surface area contributed by atoms with Gasteiger partial charge in [-0.25, -0.2) is 4.63 Å². The molecule has 124 valence electrons. The minimum atomic E-state index is -0.187. The highest BCUT2D eigenvalue weighted by Gasteiger charge is 2.20. The highest BCUT2D eigenvalue weighted by atomic mass is 32.1. The number of pyridine rings is 1. The Bertz CT molecular complexity index is 814. The van der Waals surface area contributed by atoms with Gasteiger partial charge in [0.25, 0.3) is 0 Å². The summed E-state index contributed by atoms with van der Waals surface area (Å²) in [4.78, 5) is 16.9. The van der Waals surface area contributed by atoms with Gasteiger partial charge in [0.05, 0.1) is 18.2 Å². The van der Waals surface area contributed by atoms with Crippen LogP contribution in [-0.2, 0) is 17.6 Å². The number of aromatic nitrogens is 3. The molecule has 1 N–H and O–H groups in total. The first-order chi connectivity index (χ1) is 11.6. The van der Waals surface area contributed by atoms with Crippen LogP contribution in [0.25, 0.3) is 0 Å². The van der Waals surface area contributed by atoms with Crippen molar-refractivity contribution in [1.29, 1.82) is 0 Å². The number of thiophene rings is 1. The van der Waals surface area contributed by atoms with Crippen molar-refractivity contribution in [3.63, 3.8) is 0 Å². The Kier molecular flexibility index (Phi) is 5.00. The smallest absolute Gasteiger partial charge is 0.226 e. The molecule has 3 aromatic heterocycles.